The molecule has 2 heterocycles. The summed E-state index contributed by atoms with van der Waals surface area (Å²) in [5.74, 6) is 4.96. The molecule has 0 spiro atoms. The van der Waals surface area contributed by atoms with Crippen LogP contribution in [0.2, 0.25) is 0 Å². The molecule has 21 heavy (non-hydrogen) atoms. The average molecular weight is 307 g/mol. The highest BCUT2D eigenvalue weighted by Crippen LogP contribution is 2.30. The molecule has 7 heteroatoms. The molecule has 1 aromatic heterocycles. The lowest BCUT2D eigenvalue weighted by Gasteiger charge is -2.30. The van der Waals surface area contributed by atoms with E-state index in [2.05, 4.69) is 21.8 Å². The second-order valence-corrected chi connectivity index (χ2v) is 6.97. The molecule has 0 unspecified atom stereocenters. The Kier molecular flexibility index (Phi) is 4.58. The minimum atomic E-state index is -3.35. The lowest BCUT2D eigenvalue weighted by molar-refractivity contribution is -0.126. The molecular weight excluding hydrogens is 290 g/mol. The largest absolute Gasteiger partial charge is 0.332 e. The van der Waals surface area contributed by atoms with Gasteiger partial charge in [0, 0.05) is 31.5 Å². The van der Waals surface area contributed by atoms with Gasteiger partial charge in [-0.2, -0.15) is 0 Å². The van der Waals surface area contributed by atoms with Gasteiger partial charge >= 0.3 is 0 Å². The molecule has 1 amide bonds. The summed E-state index contributed by atoms with van der Waals surface area (Å²) in [5.41, 5.74) is 0.557. The molecule has 1 aromatic rings. The van der Waals surface area contributed by atoms with E-state index in [9.17, 15) is 13.2 Å². The molecule has 0 bridgehead atoms. The molecule has 1 fully saturated rings. The quantitative estimate of drug-likeness (QED) is 0.748. The number of hydrogen-bond donors (Lipinski definition) is 0. The maximum atomic E-state index is 11.8. The van der Waals surface area contributed by atoms with Crippen LogP contribution in [0.1, 0.15) is 31.4 Å². The minimum absolute atomic E-state index is 0.0244. The fraction of sp³-hybridized carbons (Fsp3) is 0.500. The van der Waals surface area contributed by atoms with Gasteiger partial charge in [0.2, 0.25) is 0 Å². The van der Waals surface area contributed by atoms with E-state index in [1.54, 1.807) is 11.8 Å². The molecule has 0 saturated carbocycles. The van der Waals surface area contributed by atoms with Crippen molar-refractivity contribution < 1.29 is 13.2 Å². The SMILES string of the molecule is CC#CC(=O)N1CCC(c2ncncc2S(C)(=O)=O)CC1. The summed E-state index contributed by atoms with van der Waals surface area (Å²) in [7, 11) is -3.35. The molecular formula is C14H17N3O3S. The van der Waals surface area contributed by atoms with E-state index in [1.165, 1.54) is 12.5 Å². The van der Waals surface area contributed by atoms with E-state index in [4.69, 9.17) is 0 Å². The number of amides is 1. The second kappa shape index (κ2) is 6.22. The molecule has 0 aliphatic carbocycles. The summed E-state index contributed by atoms with van der Waals surface area (Å²) in [4.78, 5) is 21.5. The van der Waals surface area contributed by atoms with Crippen LogP contribution < -0.4 is 0 Å². The molecule has 0 atom stereocenters. The van der Waals surface area contributed by atoms with Crippen molar-refractivity contribution >= 4 is 15.7 Å². The standard InChI is InChI=1S/C14H17N3O3S/c1-3-4-13(18)17-7-5-11(6-8-17)14-12(21(2,19)20)9-15-10-16-14/h9-11H,5-8H2,1-2H3. The number of carbonyl (C=O) groups excluding carboxylic acids is 1. The Morgan fingerprint density at radius 3 is 2.62 bits per heavy atom. The smallest absolute Gasteiger partial charge is 0.298 e. The maximum Gasteiger partial charge on any atom is 0.298 e. The zero-order valence-corrected chi connectivity index (χ0v) is 12.9. The van der Waals surface area contributed by atoms with Crippen LogP contribution in [-0.4, -0.2) is 48.5 Å². The second-order valence-electron chi connectivity index (χ2n) is 4.99. The summed E-state index contributed by atoms with van der Waals surface area (Å²) in [6.45, 7) is 2.75. The van der Waals surface area contributed by atoms with Crippen molar-refractivity contribution in [3.8, 4) is 11.8 Å². The number of carbonyl (C=O) groups is 1. The van der Waals surface area contributed by atoms with E-state index >= 15 is 0 Å². The van der Waals surface area contributed by atoms with Crippen LogP contribution in [0.4, 0.5) is 0 Å². The van der Waals surface area contributed by atoms with E-state index in [0.29, 0.717) is 31.6 Å². The molecule has 0 N–H and O–H groups in total. The van der Waals surface area contributed by atoms with Crippen LogP contribution in [-0.2, 0) is 14.6 Å². The van der Waals surface area contributed by atoms with Crippen LogP contribution >= 0.6 is 0 Å². The van der Waals surface area contributed by atoms with Gasteiger partial charge in [0.05, 0.1) is 5.69 Å². The first-order chi connectivity index (χ1) is 9.93. The summed E-state index contributed by atoms with van der Waals surface area (Å²) < 4.78 is 23.6. The molecule has 0 aromatic carbocycles. The van der Waals surface area contributed by atoms with Crippen molar-refractivity contribution in [2.45, 2.75) is 30.6 Å². The van der Waals surface area contributed by atoms with Crippen molar-refractivity contribution in [2.24, 2.45) is 0 Å². The number of aromatic nitrogens is 2. The van der Waals surface area contributed by atoms with Crippen molar-refractivity contribution in [1.29, 1.82) is 0 Å². The van der Waals surface area contributed by atoms with Crippen molar-refractivity contribution in [1.82, 2.24) is 14.9 Å². The Hall–Kier alpha value is -1.94. The van der Waals surface area contributed by atoms with Crippen LogP contribution in [0.15, 0.2) is 17.4 Å². The van der Waals surface area contributed by atoms with Crippen molar-refractivity contribution in [3.63, 3.8) is 0 Å². The summed E-state index contributed by atoms with van der Waals surface area (Å²) in [6.07, 6.45) is 5.22. The van der Waals surface area contributed by atoms with Gasteiger partial charge in [0.15, 0.2) is 9.84 Å². The first kappa shape index (κ1) is 15.4. The predicted octanol–water partition coefficient (Wildman–Crippen LogP) is 0.609. The number of likely N-dealkylation sites (tertiary alicyclic amines) is 1. The normalized spacial score (nSPS) is 16.2. The lowest BCUT2D eigenvalue weighted by Crippen LogP contribution is -2.37. The van der Waals surface area contributed by atoms with E-state index in [1.807, 2.05) is 0 Å². The monoisotopic (exact) mass is 307 g/mol. The van der Waals surface area contributed by atoms with Crippen molar-refractivity contribution in [2.75, 3.05) is 19.3 Å². The van der Waals surface area contributed by atoms with Gasteiger partial charge in [-0.05, 0) is 25.7 Å². The van der Waals surface area contributed by atoms with Gasteiger partial charge in [-0.1, -0.05) is 5.92 Å². The third-order valence-corrected chi connectivity index (χ3v) is 4.62. The summed E-state index contributed by atoms with van der Waals surface area (Å²) in [5, 5.41) is 0. The third-order valence-electron chi connectivity index (χ3n) is 3.51. The summed E-state index contributed by atoms with van der Waals surface area (Å²) in [6, 6.07) is 0. The number of sulfone groups is 1. The van der Waals surface area contributed by atoms with E-state index < -0.39 is 9.84 Å². The lowest BCUT2D eigenvalue weighted by atomic mass is 9.93. The van der Waals surface area contributed by atoms with Gasteiger partial charge in [-0.25, -0.2) is 18.4 Å². The molecule has 1 aliphatic rings. The predicted molar refractivity (Wildman–Crippen MR) is 77.1 cm³/mol. The van der Waals surface area contributed by atoms with Gasteiger partial charge in [-0.3, -0.25) is 4.79 Å². The fourth-order valence-electron chi connectivity index (χ4n) is 2.46. The molecule has 2 rings (SSSR count). The Balaban J connectivity index is 2.16. The number of nitrogens with zero attached hydrogens (tertiary/aromatic N) is 3. The molecule has 1 aliphatic heterocycles. The first-order valence-corrected chi connectivity index (χ1v) is 8.54. The topological polar surface area (TPSA) is 80.2 Å². The van der Waals surface area contributed by atoms with Crippen molar-refractivity contribution in [3.05, 3.63) is 18.2 Å². The Bertz CT molecular complexity index is 696. The maximum absolute atomic E-state index is 11.8. The zero-order valence-electron chi connectivity index (χ0n) is 12.0. The Labute approximate surface area is 124 Å². The van der Waals surface area contributed by atoms with Gasteiger partial charge in [-0.15, -0.1) is 0 Å². The number of piperidine rings is 1. The molecule has 0 radical (unpaired) electrons. The highest BCUT2D eigenvalue weighted by molar-refractivity contribution is 7.90. The third kappa shape index (κ3) is 3.58. The van der Waals surface area contributed by atoms with Crippen LogP contribution in [0.5, 0.6) is 0 Å². The van der Waals surface area contributed by atoms with Gasteiger partial charge in [0.25, 0.3) is 5.91 Å². The Morgan fingerprint density at radius 2 is 2.05 bits per heavy atom. The molecule has 112 valence electrons. The summed E-state index contributed by atoms with van der Waals surface area (Å²) >= 11 is 0. The molecule has 1 saturated heterocycles. The van der Waals surface area contributed by atoms with E-state index in [-0.39, 0.29) is 16.7 Å². The van der Waals surface area contributed by atoms with Gasteiger partial charge < -0.3 is 4.90 Å². The fourth-order valence-corrected chi connectivity index (χ4v) is 3.31. The van der Waals surface area contributed by atoms with Crippen LogP contribution in [0.25, 0.3) is 0 Å². The minimum Gasteiger partial charge on any atom is -0.332 e. The molecule has 6 nitrogen and oxygen atoms in total. The van der Waals surface area contributed by atoms with E-state index in [0.717, 1.165) is 6.26 Å². The Morgan fingerprint density at radius 1 is 1.38 bits per heavy atom. The average Bonchev–Trinajstić information content (AvgIpc) is 2.47. The van der Waals surface area contributed by atoms with Gasteiger partial charge in [0.1, 0.15) is 11.2 Å². The highest BCUT2D eigenvalue weighted by atomic mass is 32.2. The highest BCUT2D eigenvalue weighted by Gasteiger charge is 2.27. The van der Waals surface area contributed by atoms with Crippen LogP contribution in [0, 0.1) is 11.8 Å². The van der Waals surface area contributed by atoms with Crippen LogP contribution in [0.3, 0.4) is 0 Å². The first-order valence-electron chi connectivity index (χ1n) is 6.65. The zero-order chi connectivity index (χ0) is 15.5. The number of hydrogen-bond acceptors (Lipinski definition) is 5. The number of rotatable bonds is 2.